The lowest BCUT2D eigenvalue weighted by Crippen LogP contribution is -2.38. The largest absolute Gasteiger partial charge is 0.384 e. The zero-order valence-corrected chi connectivity index (χ0v) is 12.6. The molecule has 0 bridgehead atoms. The van der Waals surface area contributed by atoms with Gasteiger partial charge in [0.1, 0.15) is 12.3 Å². The molecule has 0 saturated heterocycles. The van der Waals surface area contributed by atoms with Gasteiger partial charge in [-0.1, -0.05) is 32.1 Å². The van der Waals surface area contributed by atoms with Crippen molar-refractivity contribution in [3.05, 3.63) is 29.6 Å². The molecule has 0 aliphatic heterocycles. The Morgan fingerprint density at radius 3 is 3.00 bits per heavy atom. The molecule has 1 aromatic heterocycles. The minimum atomic E-state index is -0.228. The molecule has 2 rings (SSSR count). The molecule has 1 aliphatic rings. The second-order valence-electron chi connectivity index (χ2n) is 5.54. The molecule has 112 valence electrons. The highest BCUT2D eigenvalue weighted by Gasteiger charge is 2.32. The lowest BCUT2D eigenvalue weighted by Gasteiger charge is -2.21. The van der Waals surface area contributed by atoms with Crippen LogP contribution in [-0.4, -0.2) is 28.6 Å². The molecule has 21 heavy (non-hydrogen) atoms. The predicted octanol–water partition coefficient (Wildman–Crippen LogP) is 1.98. The quantitative estimate of drug-likeness (QED) is 0.835. The molecule has 4 nitrogen and oxygen atoms in total. The fourth-order valence-electron chi connectivity index (χ4n) is 3.09. The Bertz CT molecular complexity index is 559. The number of hydrogen-bond acceptors (Lipinski definition) is 3. The van der Waals surface area contributed by atoms with Crippen LogP contribution in [-0.2, 0) is 0 Å². The van der Waals surface area contributed by atoms with Crippen LogP contribution in [0.15, 0.2) is 18.3 Å². The molecule has 1 heterocycles. The monoisotopic (exact) mass is 286 g/mol. The number of hydrogen-bond donors (Lipinski definition) is 2. The molecule has 1 saturated carbocycles. The number of amides is 1. The zero-order chi connectivity index (χ0) is 15.2. The van der Waals surface area contributed by atoms with Crippen LogP contribution in [0, 0.1) is 23.7 Å². The maximum Gasteiger partial charge on any atom is 0.271 e. The third kappa shape index (κ3) is 3.62. The number of pyridine rings is 1. The molecule has 1 amide bonds. The Kier molecular flexibility index (Phi) is 5.35. The van der Waals surface area contributed by atoms with Gasteiger partial charge in [-0.25, -0.2) is 4.98 Å². The van der Waals surface area contributed by atoms with Crippen molar-refractivity contribution < 1.29 is 9.90 Å². The summed E-state index contributed by atoms with van der Waals surface area (Å²) in [4.78, 5) is 16.6. The van der Waals surface area contributed by atoms with E-state index >= 15 is 0 Å². The van der Waals surface area contributed by atoms with Crippen LogP contribution in [0.3, 0.4) is 0 Å². The number of nitrogens with zero attached hydrogens (tertiary/aromatic N) is 1. The summed E-state index contributed by atoms with van der Waals surface area (Å²) in [5.41, 5.74) is 0.896. The summed E-state index contributed by atoms with van der Waals surface area (Å²) < 4.78 is 0. The molecule has 2 N–H and O–H groups in total. The number of nitrogens with one attached hydrogen (secondary N) is 1. The number of carbonyl (C=O) groups is 1. The van der Waals surface area contributed by atoms with Crippen molar-refractivity contribution in [2.45, 2.75) is 39.2 Å². The Morgan fingerprint density at radius 1 is 1.52 bits per heavy atom. The Labute approximate surface area is 126 Å². The molecule has 0 radical (unpaired) electrons. The highest BCUT2D eigenvalue weighted by atomic mass is 16.2. The van der Waals surface area contributed by atoms with Gasteiger partial charge in [0.25, 0.3) is 5.91 Å². The third-order valence-electron chi connectivity index (χ3n) is 4.39. The molecule has 1 aliphatic carbocycles. The molecule has 0 spiro atoms. The van der Waals surface area contributed by atoms with E-state index in [0.717, 1.165) is 12.8 Å². The van der Waals surface area contributed by atoms with E-state index in [0.29, 0.717) is 23.1 Å². The van der Waals surface area contributed by atoms with E-state index in [1.165, 1.54) is 6.42 Å². The van der Waals surface area contributed by atoms with E-state index < -0.39 is 0 Å². The zero-order valence-electron chi connectivity index (χ0n) is 12.6. The first kappa shape index (κ1) is 15.5. The lowest BCUT2D eigenvalue weighted by atomic mass is 9.93. The number of carbonyl (C=O) groups excluding carboxylic acids is 1. The normalized spacial score (nSPS) is 24.2. The van der Waals surface area contributed by atoms with Gasteiger partial charge in [-0.15, -0.1) is 0 Å². The van der Waals surface area contributed by atoms with Crippen molar-refractivity contribution in [1.29, 1.82) is 0 Å². The van der Waals surface area contributed by atoms with Crippen LogP contribution >= 0.6 is 0 Å². The predicted molar refractivity (Wildman–Crippen MR) is 81.6 cm³/mol. The number of rotatable bonds is 3. The fraction of sp³-hybridized carbons (Fsp3) is 0.529. The summed E-state index contributed by atoms with van der Waals surface area (Å²) in [6.07, 6.45) is 4.94. The van der Waals surface area contributed by atoms with E-state index in [2.05, 4.69) is 36.0 Å². The van der Waals surface area contributed by atoms with Gasteiger partial charge in [-0.3, -0.25) is 4.79 Å². The van der Waals surface area contributed by atoms with Crippen molar-refractivity contribution >= 4 is 5.91 Å². The highest BCUT2D eigenvalue weighted by Crippen LogP contribution is 2.33. The molecule has 3 unspecified atom stereocenters. The fourth-order valence-corrected chi connectivity index (χ4v) is 3.09. The molecular weight excluding hydrogens is 264 g/mol. The summed E-state index contributed by atoms with van der Waals surface area (Å²) in [6, 6.07) is 3.70. The van der Waals surface area contributed by atoms with E-state index in [4.69, 9.17) is 5.11 Å². The van der Waals surface area contributed by atoms with Crippen LogP contribution in [0.25, 0.3) is 0 Å². The minimum absolute atomic E-state index is 0.175. The molecule has 1 aromatic rings. The molecular formula is C17H22N2O2. The first-order chi connectivity index (χ1) is 10.2. The number of aromatic nitrogens is 1. The maximum atomic E-state index is 12.4. The maximum absolute atomic E-state index is 12.4. The first-order valence-electron chi connectivity index (χ1n) is 7.53. The van der Waals surface area contributed by atoms with E-state index in [9.17, 15) is 4.79 Å². The highest BCUT2D eigenvalue weighted by molar-refractivity contribution is 5.94. The third-order valence-corrected chi connectivity index (χ3v) is 4.39. The van der Waals surface area contributed by atoms with Crippen molar-refractivity contribution in [3.8, 4) is 11.8 Å². The SMILES string of the molecule is CCC1CCC(NC(=O)c2ncccc2C#CCO)C1C. The van der Waals surface area contributed by atoms with Gasteiger partial charge in [0.15, 0.2) is 0 Å². The second-order valence-corrected chi connectivity index (χ2v) is 5.54. The summed E-state index contributed by atoms with van der Waals surface area (Å²) >= 11 is 0. The van der Waals surface area contributed by atoms with Gasteiger partial charge >= 0.3 is 0 Å². The summed E-state index contributed by atoms with van der Waals surface area (Å²) in [5, 5.41) is 11.9. The molecule has 0 aromatic carbocycles. The van der Waals surface area contributed by atoms with Gasteiger partial charge in [-0.2, -0.15) is 0 Å². The summed E-state index contributed by atoms with van der Waals surface area (Å²) in [7, 11) is 0. The molecule has 4 heteroatoms. The average Bonchev–Trinajstić information content (AvgIpc) is 2.85. The Morgan fingerprint density at radius 2 is 2.33 bits per heavy atom. The Hall–Kier alpha value is -1.86. The standard InChI is InChI=1S/C17H22N2O2/c1-3-13-8-9-15(12(13)2)19-17(21)16-14(7-5-11-20)6-4-10-18-16/h4,6,10,12-13,15,20H,3,8-9,11H2,1-2H3,(H,19,21). The average molecular weight is 286 g/mol. The smallest absolute Gasteiger partial charge is 0.271 e. The topological polar surface area (TPSA) is 62.2 Å². The van der Waals surface area contributed by atoms with Gasteiger partial charge in [0.2, 0.25) is 0 Å². The number of aliphatic hydroxyl groups excluding tert-OH is 1. The lowest BCUT2D eigenvalue weighted by molar-refractivity contribution is 0.0921. The molecule has 1 fully saturated rings. The van der Waals surface area contributed by atoms with Crippen molar-refractivity contribution in [3.63, 3.8) is 0 Å². The minimum Gasteiger partial charge on any atom is -0.384 e. The van der Waals surface area contributed by atoms with Crippen LogP contribution < -0.4 is 5.32 Å². The summed E-state index contributed by atoms with van der Waals surface area (Å²) in [6.45, 7) is 4.18. The first-order valence-corrected chi connectivity index (χ1v) is 7.53. The summed E-state index contributed by atoms with van der Waals surface area (Å²) in [5.74, 6) is 6.35. The van der Waals surface area contributed by atoms with Crippen LogP contribution in [0.4, 0.5) is 0 Å². The van der Waals surface area contributed by atoms with Crippen LogP contribution in [0.1, 0.15) is 49.2 Å². The van der Waals surface area contributed by atoms with E-state index in [1.54, 1.807) is 18.3 Å². The van der Waals surface area contributed by atoms with Crippen molar-refractivity contribution in [2.24, 2.45) is 11.8 Å². The van der Waals surface area contributed by atoms with Gasteiger partial charge < -0.3 is 10.4 Å². The molecule has 3 atom stereocenters. The van der Waals surface area contributed by atoms with Crippen molar-refractivity contribution in [1.82, 2.24) is 10.3 Å². The van der Waals surface area contributed by atoms with E-state index in [-0.39, 0.29) is 18.6 Å². The number of aliphatic hydroxyl groups is 1. The van der Waals surface area contributed by atoms with Gasteiger partial charge in [0.05, 0.1) is 5.56 Å². The van der Waals surface area contributed by atoms with Crippen LogP contribution in [0.5, 0.6) is 0 Å². The second kappa shape index (κ2) is 7.24. The van der Waals surface area contributed by atoms with Crippen molar-refractivity contribution in [2.75, 3.05) is 6.61 Å². The van der Waals surface area contributed by atoms with E-state index in [1.807, 2.05) is 0 Å². The van der Waals surface area contributed by atoms with Gasteiger partial charge in [-0.05, 0) is 36.8 Å². The van der Waals surface area contributed by atoms with Crippen LogP contribution in [0.2, 0.25) is 0 Å². The van der Waals surface area contributed by atoms with Gasteiger partial charge in [0, 0.05) is 12.2 Å². The Balaban J connectivity index is 2.11.